The highest BCUT2D eigenvalue weighted by atomic mass is 19.1. The number of alkyl halides is 1. The van der Waals surface area contributed by atoms with Crippen LogP contribution in [0.4, 0.5) is 9.18 Å². The van der Waals surface area contributed by atoms with Crippen LogP contribution in [0.15, 0.2) is 0 Å². The van der Waals surface area contributed by atoms with Gasteiger partial charge in [0.05, 0.1) is 6.54 Å². The van der Waals surface area contributed by atoms with Crippen LogP contribution < -0.4 is 5.32 Å². The van der Waals surface area contributed by atoms with Crippen LogP contribution in [0.25, 0.3) is 0 Å². The van der Waals surface area contributed by atoms with Crippen molar-refractivity contribution in [1.29, 1.82) is 0 Å². The Kier molecular flexibility index (Phi) is 2.91. The molecule has 4 heteroatoms. The average Bonchev–Trinajstić information content (AvgIpc) is 1.61. The first-order chi connectivity index (χ1) is 3.63. The fraction of sp³-hybridized carbons (Fsp3) is 0.750. The number of carbonyl (C=O) groups is 1. The van der Waals surface area contributed by atoms with Crippen LogP contribution in [-0.4, -0.2) is 18.8 Å². The summed E-state index contributed by atoms with van der Waals surface area (Å²) in [6.07, 6.45) is -2.58. The second kappa shape index (κ2) is 3.23. The predicted molar refractivity (Wildman–Crippen MR) is 24.7 cm³/mol. The van der Waals surface area contributed by atoms with Gasteiger partial charge in [-0.15, -0.1) is 0 Å². The van der Waals surface area contributed by atoms with Gasteiger partial charge in [-0.2, -0.15) is 0 Å². The van der Waals surface area contributed by atoms with Gasteiger partial charge >= 0.3 is 6.09 Å². The highest BCUT2D eigenvalue weighted by Gasteiger charge is 2.00. The molecule has 0 aliphatic rings. The first-order valence-corrected chi connectivity index (χ1v) is 2.22. The summed E-state index contributed by atoms with van der Waals surface area (Å²) < 4.78 is 11.7. The quantitative estimate of drug-likeness (QED) is 0.566. The molecule has 0 bridgehead atoms. The maximum Gasteiger partial charge on any atom is 0.450 e. The number of halogens is 1. The van der Waals surface area contributed by atoms with E-state index < -0.39 is 12.3 Å². The van der Waals surface area contributed by atoms with Crippen molar-refractivity contribution in [1.82, 2.24) is 5.32 Å². The molecule has 0 aliphatic carbocycles. The molecular formula is C4H7FNO2. The van der Waals surface area contributed by atoms with Crippen LogP contribution in [0.3, 0.4) is 0 Å². The Morgan fingerprint density at radius 3 is 2.50 bits per heavy atom. The molecule has 47 valence electrons. The van der Waals surface area contributed by atoms with Crippen LogP contribution in [0.1, 0.15) is 6.92 Å². The molecule has 1 unspecified atom stereocenters. The summed E-state index contributed by atoms with van der Waals surface area (Å²) in [6.45, 7) is 1.07. The van der Waals surface area contributed by atoms with Crippen molar-refractivity contribution in [3.8, 4) is 0 Å². The minimum absolute atomic E-state index is 0.192. The minimum Gasteiger partial charge on any atom is -0.316 e. The van der Waals surface area contributed by atoms with E-state index in [1.807, 2.05) is 0 Å². The molecule has 0 rings (SSSR count). The average molecular weight is 120 g/mol. The van der Waals surface area contributed by atoms with Crippen molar-refractivity contribution in [3.63, 3.8) is 0 Å². The van der Waals surface area contributed by atoms with Crippen LogP contribution in [0, 0.1) is 0 Å². The highest BCUT2D eigenvalue weighted by Crippen LogP contribution is 1.82. The number of nitrogens with one attached hydrogen (secondary N) is 1. The highest BCUT2D eigenvalue weighted by molar-refractivity contribution is 5.63. The van der Waals surface area contributed by atoms with Crippen molar-refractivity contribution >= 4 is 6.09 Å². The molecule has 1 N–H and O–H groups in total. The molecule has 1 amide bonds. The zero-order chi connectivity index (χ0) is 6.57. The molecule has 0 aromatic rings. The third kappa shape index (κ3) is 5.20. The van der Waals surface area contributed by atoms with Gasteiger partial charge in [-0.3, -0.25) is 0 Å². The molecule has 0 aromatic carbocycles. The summed E-state index contributed by atoms with van der Waals surface area (Å²) in [6, 6.07) is 0. The normalized spacial score (nSPS) is 12.8. The summed E-state index contributed by atoms with van der Waals surface area (Å²) in [5, 5.41) is 11.3. The smallest absolute Gasteiger partial charge is 0.316 e. The second-order valence-electron chi connectivity index (χ2n) is 1.45. The maximum absolute atomic E-state index is 11.7. The minimum atomic E-state index is -1.44. The Morgan fingerprint density at radius 1 is 1.88 bits per heavy atom. The molecule has 0 saturated carbocycles. The first-order valence-electron chi connectivity index (χ1n) is 2.22. The van der Waals surface area contributed by atoms with Gasteiger partial charge in [-0.05, 0) is 6.92 Å². The lowest BCUT2D eigenvalue weighted by atomic mass is 10.4. The van der Waals surface area contributed by atoms with E-state index in [-0.39, 0.29) is 6.54 Å². The van der Waals surface area contributed by atoms with Crippen LogP contribution >= 0.6 is 0 Å². The number of carbonyl (C=O) groups excluding carboxylic acids is 1. The van der Waals surface area contributed by atoms with Crippen LogP contribution in [0.5, 0.6) is 0 Å². The van der Waals surface area contributed by atoms with E-state index in [1.54, 1.807) is 5.32 Å². The zero-order valence-corrected chi connectivity index (χ0v) is 4.48. The first kappa shape index (κ1) is 7.20. The molecule has 3 nitrogen and oxygen atoms in total. The fourth-order valence-corrected chi connectivity index (χ4v) is 0.224. The summed E-state index contributed by atoms with van der Waals surface area (Å²) in [5.74, 6) is 0. The SMILES string of the molecule is CC(F)CNC([O])=O. The third-order valence-corrected chi connectivity index (χ3v) is 0.528. The topological polar surface area (TPSA) is 49.0 Å². The van der Waals surface area contributed by atoms with E-state index in [0.717, 1.165) is 0 Å². The van der Waals surface area contributed by atoms with Gasteiger partial charge in [0.2, 0.25) is 0 Å². The lowest BCUT2D eigenvalue weighted by Gasteiger charge is -1.96. The molecule has 0 aliphatic heterocycles. The molecule has 0 saturated heterocycles. The second-order valence-corrected chi connectivity index (χ2v) is 1.45. The Morgan fingerprint density at radius 2 is 2.38 bits per heavy atom. The Hall–Kier alpha value is -0.800. The Bertz CT molecular complexity index is 84.1. The zero-order valence-electron chi connectivity index (χ0n) is 4.48. The molecule has 8 heavy (non-hydrogen) atoms. The Labute approximate surface area is 46.5 Å². The summed E-state index contributed by atoms with van der Waals surface area (Å²) >= 11 is 0. The number of hydrogen-bond donors (Lipinski definition) is 1. The van der Waals surface area contributed by atoms with Crippen molar-refractivity contribution in [2.45, 2.75) is 13.1 Å². The van der Waals surface area contributed by atoms with Gasteiger partial charge in [0, 0.05) is 0 Å². The van der Waals surface area contributed by atoms with Crippen LogP contribution in [0.2, 0.25) is 0 Å². The molecule has 0 fully saturated rings. The predicted octanol–water partition coefficient (Wildman–Crippen LogP) is 0.485. The number of rotatable bonds is 2. The van der Waals surface area contributed by atoms with E-state index in [0.29, 0.717) is 0 Å². The largest absolute Gasteiger partial charge is 0.450 e. The molecule has 1 radical (unpaired) electrons. The monoisotopic (exact) mass is 120 g/mol. The van der Waals surface area contributed by atoms with E-state index >= 15 is 0 Å². The lowest BCUT2D eigenvalue weighted by molar-refractivity contribution is 0.165. The molecule has 0 aromatic heterocycles. The van der Waals surface area contributed by atoms with Gasteiger partial charge in [0.25, 0.3) is 0 Å². The Balaban J connectivity index is 3.05. The van der Waals surface area contributed by atoms with Gasteiger partial charge in [-0.1, -0.05) is 0 Å². The number of amides is 1. The van der Waals surface area contributed by atoms with Gasteiger partial charge in [0.15, 0.2) is 0 Å². The fourth-order valence-electron chi connectivity index (χ4n) is 0.224. The standard InChI is InChI=1S/C4H7FNO2/c1-3(5)2-6-4(7)8/h3,6H,2H2,1H3. The van der Waals surface area contributed by atoms with E-state index in [1.165, 1.54) is 6.92 Å². The van der Waals surface area contributed by atoms with Crippen molar-refractivity contribution in [3.05, 3.63) is 0 Å². The van der Waals surface area contributed by atoms with Crippen molar-refractivity contribution in [2.75, 3.05) is 6.54 Å². The third-order valence-electron chi connectivity index (χ3n) is 0.528. The summed E-state index contributed by atoms with van der Waals surface area (Å²) in [4.78, 5) is 9.51. The van der Waals surface area contributed by atoms with Crippen LogP contribution in [-0.2, 0) is 5.11 Å². The van der Waals surface area contributed by atoms with E-state index in [2.05, 4.69) is 0 Å². The molecular weight excluding hydrogens is 113 g/mol. The maximum atomic E-state index is 11.7. The molecule has 0 spiro atoms. The van der Waals surface area contributed by atoms with Gasteiger partial charge in [0.1, 0.15) is 6.17 Å². The number of hydrogen-bond acceptors (Lipinski definition) is 1. The van der Waals surface area contributed by atoms with Gasteiger partial charge in [-0.25, -0.2) is 14.3 Å². The lowest BCUT2D eigenvalue weighted by Crippen LogP contribution is -2.26. The van der Waals surface area contributed by atoms with Gasteiger partial charge < -0.3 is 5.32 Å². The van der Waals surface area contributed by atoms with E-state index in [4.69, 9.17) is 0 Å². The summed E-state index contributed by atoms with van der Waals surface area (Å²) in [7, 11) is 0. The molecule has 0 heterocycles. The van der Waals surface area contributed by atoms with Crippen molar-refractivity contribution < 1.29 is 14.3 Å². The van der Waals surface area contributed by atoms with Crippen molar-refractivity contribution in [2.24, 2.45) is 0 Å². The molecule has 1 atom stereocenters. The summed E-state index contributed by atoms with van der Waals surface area (Å²) in [5.41, 5.74) is 0. The van der Waals surface area contributed by atoms with E-state index in [9.17, 15) is 14.3 Å².